The van der Waals surface area contributed by atoms with E-state index in [0.717, 1.165) is 12.8 Å². The van der Waals surface area contributed by atoms with Crippen molar-refractivity contribution in [2.24, 2.45) is 17.1 Å². The number of hydrogen-bond donors (Lipinski definition) is 2. The zero-order chi connectivity index (χ0) is 12.9. The summed E-state index contributed by atoms with van der Waals surface area (Å²) in [4.78, 5) is 25.7. The molecule has 3 rings (SSSR count). The summed E-state index contributed by atoms with van der Waals surface area (Å²) in [6, 6.07) is 0.900. The van der Waals surface area contributed by atoms with Crippen molar-refractivity contribution in [3.63, 3.8) is 0 Å². The third-order valence-electron chi connectivity index (χ3n) is 5.00. The topological polar surface area (TPSA) is 75.4 Å². The molecule has 3 fully saturated rings. The van der Waals surface area contributed by atoms with Gasteiger partial charge >= 0.3 is 0 Å². The lowest BCUT2D eigenvalue weighted by Gasteiger charge is -2.26. The molecule has 5 nitrogen and oxygen atoms in total. The van der Waals surface area contributed by atoms with Crippen LogP contribution in [0.4, 0.5) is 0 Å². The van der Waals surface area contributed by atoms with Gasteiger partial charge in [0, 0.05) is 25.2 Å². The summed E-state index contributed by atoms with van der Waals surface area (Å²) in [5.74, 6) is 0.0579. The largest absolute Gasteiger partial charge is 0.369 e. The molecule has 0 spiro atoms. The van der Waals surface area contributed by atoms with Crippen molar-refractivity contribution in [1.82, 2.24) is 10.2 Å². The smallest absolute Gasteiger partial charge is 0.227 e. The second-order valence-electron chi connectivity index (χ2n) is 6.32. The van der Waals surface area contributed by atoms with Gasteiger partial charge in [0.15, 0.2) is 0 Å². The number of hydrogen-bond acceptors (Lipinski definition) is 3. The van der Waals surface area contributed by atoms with Gasteiger partial charge in [-0.1, -0.05) is 0 Å². The number of rotatable bonds is 2. The molecule has 0 saturated carbocycles. The Hall–Kier alpha value is -1.10. The van der Waals surface area contributed by atoms with Crippen molar-refractivity contribution >= 4 is 11.8 Å². The molecule has 0 aromatic rings. The Bertz CT molecular complexity index is 398. The van der Waals surface area contributed by atoms with Crippen LogP contribution in [0.25, 0.3) is 0 Å². The molecule has 3 heterocycles. The van der Waals surface area contributed by atoms with Crippen LogP contribution in [-0.4, -0.2) is 41.9 Å². The van der Waals surface area contributed by atoms with E-state index in [-0.39, 0.29) is 17.7 Å². The highest BCUT2D eigenvalue weighted by Crippen LogP contribution is 2.37. The molecule has 18 heavy (non-hydrogen) atoms. The van der Waals surface area contributed by atoms with E-state index >= 15 is 0 Å². The number of carbonyl (C=O) groups excluding carboxylic acids is 2. The zero-order valence-electron chi connectivity index (χ0n) is 10.8. The molecule has 100 valence electrons. The van der Waals surface area contributed by atoms with Crippen molar-refractivity contribution < 1.29 is 9.59 Å². The van der Waals surface area contributed by atoms with Gasteiger partial charge in [0.05, 0.1) is 11.3 Å². The van der Waals surface area contributed by atoms with Gasteiger partial charge in [-0.3, -0.25) is 9.59 Å². The molecule has 3 aliphatic heterocycles. The van der Waals surface area contributed by atoms with Gasteiger partial charge < -0.3 is 16.0 Å². The van der Waals surface area contributed by atoms with Crippen LogP contribution in [0.5, 0.6) is 0 Å². The Kier molecular flexibility index (Phi) is 2.62. The Morgan fingerprint density at radius 3 is 2.67 bits per heavy atom. The first-order chi connectivity index (χ1) is 8.49. The normalized spacial score (nSPS) is 42.5. The zero-order valence-corrected chi connectivity index (χ0v) is 10.8. The number of nitrogens with one attached hydrogen (secondary N) is 1. The lowest BCUT2D eigenvalue weighted by atomic mass is 9.87. The fraction of sp³-hybridized carbons (Fsp3) is 0.846. The lowest BCUT2D eigenvalue weighted by molar-refractivity contribution is -0.136. The average Bonchev–Trinajstić information content (AvgIpc) is 3.02. The molecule has 3 aliphatic rings. The maximum atomic E-state index is 12.5. The summed E-state index contributed by atoms with van der Waals surface area (Å²) in [7, 11) is 0. The van der Waals surface area contributed by atoms with Crippen molar-refractivity contribution in [2.45, 2.75) is 44.7 Å². The Morgan fingerprint density at radius 2 is 2.17 bits per heavy atom. The maximum Gasteiger partial charge on any atom is 0.227 e. The number of nitrogens with zero attached hydrogens (tertiary/aromatic N) is 1. The minimum absolute atomic E-state index is 0.124. The van der Waals surface area contributed by atoms with E-state index < -0.39 is 5.41 Å². The first-order valence-electron chi connectivity index (χ1n) is 6.84. The monoisotopic (exact) mass is 251 g/mol. The molecular formula is C13H21N3O2. The first-order valence-corrected chi connectivity index (χ1v) is 6.84. The molecule has 0 aromatic carbocycles. The van der Waals surface area contributed by atoms with E-state index in [0.29, 0.717) is 31.6 Å². The minimum atomic E-state index is -0.527. The molecule has 3 N–H and O–H groups in total. The number of primary amides is 1. The van der Waals surface area contributed by atoms with Gasteiger partial charge in [-0.25, -0.2) is 0 Å². The summed E-state index contributed by atoms with van der Waals surface area (Å²) in [6.07, 6.45) is 3.98. The number of amides is 2. The number of carbonyl (C=O) groups is 2. The summed E-state index contributed by atoms with van der Waals surface area (Å²) in [5.41, 5.74) is 4.89. The second-order valence-corrected chi connectivity index (χ2v) is 6.32. The van der Waals surface area contributed by atoms with Crippen molar-refractivity contribution in [1.29, 1.82) is 0 Å². The van der Waals surface area contributed by atoms with Crippen LogP contribution in [0.1, 0.15) is 32.6 Å². The lowest BCUT2D eigenvalue weighted by Crippen LogP contribution is -2.43. The van der Waals surface area contributed by atoms with Crippen molar-refractivity contribution in [3.8, 4) is 0 Å². The quantitative estimate of drug-likeness (QED) is 0.716. The SMILES string of the molecule is CC1(C(N)=O)CCN(C(=O)C2CC3CCC2N3)C1. The van der Waals surface area contributed by atoms with Crippen LogP contribution in [0.2, 0.25) is 0 Å². The summed E-state index contributed by atoms with van der Waals surface area (Å²) >= 11 is 0. The molecule has 2 amide bonds. The van der Waals surface area contributed by atoms with E-state index in [2.05, 4.69) is 5.32 Å². The standard InChI is InChI=1S/C13H21N3O2/c1-13(12(14)18)4-5-16(7-13)11(17)9-6-8-2-3-10(9)15-8/h8-10,15H,2-7H2,1H3,(H2,14,18). The van der Waals surface area contributed by atoms with Gasteiger partial charge in [-0.2, -0.15) is 0 Å². The Morgan fingerprint density at radius 1 is 1.39 bits per heavy atom. The maximum absolute atomic E-state index is 12.5. The van der Waals surface area contributed by atoms with E-state index in [1.54, 1.807) is 0 Å². The fourth-order valence-electron chi connectivity index (χ4n) is 3.68. The van der Waals surface area contributed by atoms with Crippen molar-refractivity contribution in [3.05, 3.63) is 0 Å². The van der Waals surface area contributed by atoms with E-state index in [4.69, 9.17) is 5.73 Å². The second kappa shape index (κ2) is 3.95. The van der Waals surface area contributed by atoms with Gasteiger partial charge in [0.2, 0.25) is 11.8 Å². The van der Waals surface area contributed by atoms with Gasteiger partial charge in [-0.05, 0) is 32.6 Å². The third-order valence-corrected chi connectivity index (χ3v) is 5.00. The molecule has 0 radical (unpaired) electrons. The van der Waals surface area contributed by atoms with Gasteiger partial charge in [-0.15, -0.1) is 0 Å². The molecule has 4 unspecified atom stereocenters. The third kappa shape index (κ3) is 1.72. The number of fused-ring (bicyclic) bond motifs is 2. The van der Waals surface area contributed by atoms with Crippen LogP contribution in [0, 0.1) is 11.3 Å². The predicted octanol–water partition coefficient (Wildman–Crippen LogP) is -0.149. The van der Waals surface area contributed by atoms with E-state index in [1.807, 2.05) is 11.8 Å². The van der Waals surface area contributed by atoms with E-state index in [1.165, 1.54) is 6.42 Å². The van der Waals surface area contributed by atoms with E-state index in [9.17, 15) is 9.59 Å². The average molecular weight is 251 g/mol. The minimum Gasteiger partial charge on any atom is -0.369 e. The summed E-state index contributed by atoms with van der Waals surface area (Å²) in [5, 5.41) is 3.49. The highest BCUT2D eigenvalue weighted by atomic mass is 16.2. The Balaban J connectivity index is 1.66. The fourth-order valence-corrected chi connectivity index (χ4v) is 3.68. The number of nitrogens with two attached hydrogens (primary N) is 1. The highest BCUT2D eigenvalue weighted by Gasteiger charge is 2.47. The summed E-state index contributed by atoms with van der Waals surface area (Å²) in [6.45, 7) is 3.03. The molecule has 2 bridgehead atoms. The predicted molar refractivity (Wildman–Crippen MR) is 66.6 cm³/mol. The number of likely N-dealkylation sites (tertiary alicyclic amines) is 1. The molecule has 3 saturated heterocycles. The molecule has 0 aliphatic carbocycles. The molecular weight excluding hydrogens is 230 g/mol. The van der Waals surface area contributed by atoms with Crippen LogP contribution < -0.4 is 11.1 Å². The highest BCUT2D eigenvalue weighted by molar-refractivity contribution is 5.85. The van der Waals surface area contributed by atoms with Crippen LogP contribution in [0.15, 0.2) is 0 Å². The van der Waals surface area contributed by atoms with Crippen molar-refractivity contribution in [2.75, 3.05) is 13.1 Å². The van der Waals surface area contributed by atoms with Crippen LogP contribution in [0.3, 0.4) is 0 Å². The van der Waals surface area contributed by atoms with Crippen LogP contribution >= 0.6 is 0 Å². The molecule has 0 aromatic heterocycles. The molecule has 5 heteroatoms. The van der Waals surface area contributed by atoms with Gasteiger partial charge in [0.25, 0.3) is 0 Å². The Labute approximate surface area is 107 Å². The molecule has 4 atom stereocenters. The first kappa shape index (κ1) is 12.0. The van der Waals surface area contributed by atoms with Crippen LogP contribution in [-0.2, 0) is 9.59 Å². The summed E-state index contributed by atoms with van der Waals surface area (Å²) < 4.78 is 0. The van der Waals surface area contributed by atoms with Gasteiger partial charge in [0.1, 0.15) is 0 Å².